The summed E-state index contributed by atoms with van der Waals surface area (Å²) in [6.45, 7) is 0. The van der Waals surface area contributed by atoms with Crippen LogP contribution in [0.25, 0.3) is 0 Å². The molecule has 0 aromatic carbocycles. The molecule has 0 aliphatic carbocycles. The van der Waals surface area contributed by atoms with E-state index in [0.717, 1.165) is 30.9 Å². The predicted octanol–water partition coefficient (Wildman–Crippen LogP) is 2.78. The van der Waals surface area contributed by atoms with Crippen molar-refractivity contribution in [2.24, 2.45) is 0 Å². The van der Waals surface area contributed by atoms with Gasteiger partial charge in [0, 0.05) is 17.3 Å². The monoisotopic (exact) mass is 251 g/mol. The molecule has 1 amide bonds. The summed E-state index contributed by atoms with van der Waals surface area (Å²) in [5, 5.41) is 0.730. The molecule has 2 unspecified atom stereocenters. The van der Waals surface area contributed by atoms with Crippen molar-refractivity contribution in [3.8, 4) is 0 Å². The standard InChI is InChI=1S/C13H17NO2S/c1-17-11-7-9-4-5-10(8-11)14(9)13(15)12-3-2-6-16-12/h2-3,6,9-11H,4-5,7-8H2,1H3. The lowest BCUT2D eigenvalue weighted by Crippen LogP contribution is -2.47. The summed E-state index contributed by atoms with van der Waals surface area (Å²) in [7, 11) is 0. The normalized spacial score (nSPS) is 31.8. The third-order valence-corrected chi connectivity index (χ3v) is 5.04. The highest BCUT2D eigenvalue weighted by atomic mass is 32.2. The molecule has 2 aliphatic heterocycles. The molecule has 2 bridgehead atoms. The molecule has 1 aromatic heterocycles. The average molecular weight is 251 g/mol. The van der Waals surface area contributed by atoms with Crippen LogP contribution in [0.2, 0.25) is 0 Å². The van der Waals surface area contributed by atoms with Gasteiger partial charge in [-0.15, -0.1) is 0 Å². The molecule has 3 heterocycles. The Hall–Kier alpha value is -0.900. The van der Waals surface area contributed by atoms with Gasteiger partial charge in [0.2, 0.25) is 0 Å². The molecule has 0 saturated carbocycles. The summed E-state index contributed by atoms with van der Waals surface area (Å²) < 4.78 is 5.23. The molecular weight excluding hydrogens is 234 g/mol. The van der Waals surface area contributed by atoms with Crippen molar-refractivity contribution in [2.45, 2.75) is 43.0 Å². The number of nitrogens with zero attached hydrogens (tertiary/aromatic N) is 1. The lowest BCUT2D eigenvalue weighted by atomic mass is 10.0. The third-order valence-electron chi connectivity index (χ3n) is 3.99. The van der Waals surface area contributed by atoms with Crippen molar-refractivity contribution >= 4 is 17.7 Å². The number of hydrogen-bond acceptors (Lipinski definition) is 3. The van der Waals surface area contributed by atoms with Gasteiger partial charge in [0.25, 0.3) is 5.91 Å². The van der Waals surface area contributed by atoms with Gasteiger partial charge in [0.05, 0.1) is 6.26 Å². The third kappa shape index (κ3) is 1.88. The minimum atomic E-state index is 0.0852. The van der Waals surface area contributed by atoms with E-state index in [-0.39, 0.29) is 5.91 Å². The second-order valence-corrected chi connectivity index (χ2v) is 6.04. The van der Waals surface area contributed by atoms with E-state index in [4.69, 9.17) is 4.42 Å². The van der Waals surface area contributed by atoms with Gasteiger partial charge in [-0.25, -0.2) is 0 Å². The van der Waals surface area contributed by atoms with Crippen molar-refractivity contribution < 1.29 is 9.21 Å². The van der Waals surface area contributed by atoms with Crippen molar-refractivity contribution in [1.29, 1.82) is 0 Å². The molecule has 2 atom stereocenters. The van der Waals surface area contributed by atoms with E-state index >= 15 is 0 Å². The maximum absolute atomic E-state index is 12.3. The number of amides is 1. The van der Waals surface area contributed by atoms with Crippen LogP contribution in [0.3, 0.4) is 0 Å². The van der Waals surface area contributed by atoms with Gasteiger partial charge in [0.1, 0.15) is 0 Å². The molecule has 2 fully saturated rings. The number of carbonyl (C=O) groups excluding carboxylic acids is 1. The molecule has 17 heavy (non-hydrogen) atoms. The molecule has 3 nitrogen and oxygen atoms in total. The maximum atomic E-state index is 12.3. The highest BCUT2D eigenvalue weighted by Crippen LogP contribution is 2.40. The molecule has 1 aromatic rings. The van der Waals surface area contributed by atoms with Crippen LogP contribution in [-0.4, -0.2) is 34.4 Å². The zero-order valence-electron chi connectivity index (χ0n) is 9.96. The van der Waals surface area contributed by atoms with E-state index in [1.54, 1.807) is 18.4 Å². The molecule has 0 radical (unpaired) electrons. The molecule has 2 aliphatic rings. The molecular formula is C13H17NO2S. The van der Waals surface area contributed by atoms with Crippen LogP contribution >= 0.6 is 11.8 Å². The Morgan fingerprint density at radius 3 is 2.65 bits per heavy atom. The summed E-state index contributed by atoms with van der Waals surface area (Å²) in [5.41, 5.74) is 0. The van der Waals surface area contributed by atoms with Crippen LogP contribution in [0.4, 0.5) is 0 Å². The summed E-state index contributed by atoms with van der Waals surface area (Å²) in [5.74, 6) is 0.576. The lowest BCUT2D eigenvalue weighted by Gasteiger charge is -2.37. The lowest BCUT2D eigenvalue weighted by molar-refractivity contribution is 0.0569. The van der Waals surface area contributed by atoms with E-state index in [1.807, 2.05) is 11.8 Å². The van der Waals surface area contributed by atoms with Crippen LogP contribution in [-0.2, 0) is 0 Å². The smallest absolute Gasteiger partial charge is 0.290 e. The zero-order chi connectivity index (χ0) is 11.8. The minimum absolute atomic E-state index is 0.0852. The van der Waals surface area contributed by atoms with Gasteiger partial charge in [-0.3, -0.25) is 4.79 Å². The molecule has 0 spiro atoms. The molecule has 3 rings (SSSR count). The van der Waals surface area contributed by atoms with E-state index in [0.29, 0.717) is 17.8 Å². The van der Waals surface area contributed by atoms with Crippen LogP contribution < -0.4 is 0 Å². The van der Waals surface area contributed by atoms with Crippen LogP contribution in [0.15, 0.2) is 22.8 Å². The number of carbonyl (C=O) groups is 1. The van der Waals surface area contributed by atoms with Crippen LogP contribution in [0.5, 0.6) is 0 Å². The van der Waals surface area contributed by atoms with E-state index < -0.39 is 0 Å². The van der Waals surface area contributed by atoms with E-state index in [1.165, 1.54) is 0 Å². The number of furan rings is 1. The Labute approximate surface area is 106 Å². The van der Waals surface area contributed by atoms with Crippen molar-refractivity contribution in [1.82, 2.24) is 4.90 Å². The number of rotatable bonds is 2. The number of fused-ring (bicyclic) bond motifs is 2. The fraction of sp³-hybridized carbons (Fsp3) is 0.615. The Balaban J connectivity index is 1.79. The fourth-order valence-corrected chi connectivity index (χ4v) is 4.01. The second kappa shape index (κ2) is 4.41. The summed E-state index contributed by atoms with van der Waals surface area (Å²) in [6.07, 6.45) is 8.36. The molecule has 4 heteroatoms. The molecule has 2 saturated heterocycles. The Bertz CT molecular complexity index is 390. The quantitative estimate of drug-likeness (QED) is 0.810. The highest BCUT2D eigenvalue weighted by Gasteiger charge is 2.43. The molecule has 92 valence electrons. The zero-order valence-corrected chi connectivity index (χ0v) is 10.8. The largest absolute Gasteiger partial charge is 0.459 e. The molecule has 0 N–H and O–H groups in total. The first kappa shape index (κ1) is 11.2. The van der Waals surface area contributed by atoms with Gasteiger partial charge >= 0.3 is 0 Å². The fourth-order valence-electron chi connectivity index (χ4n) is 3.18. The highest BCUT2D eigenvalue weighted by molar-refractivity contribution is 7.99. The first-order chi connectivity index (χ1) is 8.29. The maximum Gasteiger partial charge on any atom is 0.290 e. The van der Waals surface area contributed by atoms with Gasteiger partial charge in [-0.1, -0.05) is 0 Å². The van der Waals surface area contributed by atoms with Gasteiger partial charge < -0.3 is 9.32 Å². The second-order valence-electron chi connectivity index (χ2n) is 4.90. The van der Waals surface area contributed by atoms with E-state index in [2.05, 4.69) is 11.2 Å². The minimum Gasteiger partial charge on any atom is -0.459 e. The topological polar surface area (TPSA) is 33.5 Å². The predicted molar refractivity (Wildman–Crippen MR) is 68.2 cm³/mol. The van der Waals surface area contributed by atoms with Gasteiger partial charge in [-0.2, -0.15) is 11.8 Å². The SMILES string of the molecule is CSC1CC2CCC(C1)N2C(=O)c1ccco1. The first-order valence-corrected chi connectivity index (χ1v) is 7.47. The Morgan fingerprint density at radius 1 is 1.41 bits per heavy atom. The Morgan fingerprint density at radius 2 is 2.12 bits per heavy atom. The first-order valence-electron chi connectivity index (χ1n) is 6.18. The van der Waals surface area contributed by atoms with Crippen molar-refractivity contribution in [3.05, 3.63) is 24.2 Å². The Kier molecular flexibility index (Phi) is 2.90. The van der Waals surface area contributed by atoms with Gasteiger partial charge in [0.15, 0.2) is 5.76 Å². The summed E-state index contributed by atoms with van der Waals surface area (Å²) >= 11 is 1.94. The number of hydrogen-bond donors (Lipinski definition) is 0. The summed E-state index contributed by atoms with van der Waals surface area (Å²) in [4.78, 5) is 14.4. The average Bonchev–Trinajstić information content (AvgIpc) is 2.95. The van der Waals surface area contributed by atoms with Crippen molar-refractivity contribution in [3.63, 3.8) is 0 Å². The van der Waals surface area contributed by atoms with Crippen molar-refractivity contribution in [2.75, 3.05) is 6.26 Å². The van der Waals surface area contributed by atoms with E-state index in [9.17, 15) is 4.79 Å². The number of piperidine rings is 1. The van der Waals surface area contributed by atoms with Gasteiger partial charge in [-0.05, 0) is 44.1 Å². The number of thioether (sulfide) groups is 1. The summed E-state index contributed by atoms with van der Waals surface area (Å²) in [6, 6.07) is 4.42. The van der Waals surface area contributed by atoms with Crippen LogP contribution in [0, 0.1) is 0 Å². The van der Waals surface area contributed by atoms with Crippen LogP contribution in [0.1, 0.15) is 36.2 Å².